The molecule has 21 heavy (non-hydrogen) atoms. The van der Waals surface area contributed by atoms with Crippen molar-refractivity contribution < 1.29 is 19.8 Å². The van der Waals surface area contributed by atoms with E-state index in [0.29, 0.717) is 11.6 Å². The van der Waals surface area contributed by atoms with Gasteiger partial charge in [0.15, 0.2) is 0 Å². The van der Waals surface area contributed by atoms with Crippen LogP contribution in [0.5, 0.6) is 0 Å². The van der Waals surface area contributed by atoms with E-state index in [-0.39, 0.29) is 29.8 Å². The maximum atomic E-state index is 12.3. The Morgan fingerprint density at radius 2 is 2.19 bits per heavy atom. The van der Waals surface area contributed by atoms with E-state index in [0.717, 1.165) is 6.42 Å². The number of benzene rings is 1. The second kappa shape index (κ2) is 6.32. The number of aromatic carboxylic acids is 1. The second-order valence-corrected chi connectivity index (χ2v) is 5.57. The van der Waals surface area contributed by atoms with E-state index in [4.69, 9.17) is 16.7 Å². The SMILES string of the molecule is CC1CCN(C(=O)Nc2cc(Cl)ccc2C(=O)O)C1CO. The minimum Gasteiger partial charge on any atom is -0.478 e. The number of nitrogens with zero attached hydrogens (tertiary/aromatic N) is 1. The van der Waals surface area contributed by atoms with Crippen LogP contribution in [0.3, 0.4) is 0 Å². The van der Waals surface area contributed by atoms with Crippen molar-refractivity contribution in [3.8, 4) is 0 Å². The smallest absolute Gasteiger partial charge is 0.337 e. The Labute approximate surface area is 127 Å². The second-order valence-electron chi connectivity index (χ2n) is 5.13. The molecule has 0 spiro atoms. The lowest BCUT2D eigenvalue weighted by Crippen LogP contribution is -2.42. The van der Waals surface area contributed by atoms with E-state index in [2.05, 4.69) is 5.32 Å². The lowest BCUT2D eigenvalue weighted by Gasteiger charge is -2.25. The molecule has 3 N–H and O–H groups in total. The summed E-state index contributed by atoms with van der Waals surface area (Å²) in [6.45, 7) is 2.38. The number of nitrogens with one attached hydrogen (secondary N) is 1. The van der Waals surface area contributed by atoms with Crippen LogP contribution in [0, 0.1) is 5.92 Å². The number of anilines is 1. The molecule has 1 aliphatic rings. The highest BCUT2D eigenvalue weighted by atomic mass is 35.5. The summed E-state index contributed by atoms with van der Waals surface area (Å²) in [5, 5.41) is 21.4. The third-order valence-corrected chi connectivity index (χ3v) is 4.02. The number of carboxylic acids is 1. The van der Waals surface area contributed by atoms with Crippen molar-refractivity contribution in [3.05, 3.63) is 28.8 Å². The van der Waals surface area contributed by atoms with Gasteiger partial charge in [-0.3, -0.25) is 0 Å². The van der Waals surface area contributed by atoms with Crippen molar-refractivity contribution >= 4 is 29.3 Å². The lowest BCUT2D eigenvalue weighted by atomic mass is 10.0. The molecule has 114 valence electrons. The summed E-state index contributed by atoms with van der Waals surface area (Å²) in [6, 6.07) is 3.52. The summed E-state index contributed by atoms with van der Waals surface area (Å²) in [6.07, 6.45) is 0.806. The van der Waals surface area contributed by atoms with Gasteiger partial charge in [-0.15, -0.1) is 0 Å². The van der Waals surface area contributed by atoms with Gasteiger partial charge in [0.05, 0.1) is 23.9 Å². The van der Waals surface area contributed by atoms with E-state index in [1.165, 1.54) is 23.1 Å². The van der Waals surface area contributed by atoms with Crippen LogP contribution in [-0.2, 0) is 0 Å². The van der Waals surface area contributed by atoms with E-state index >= 15 is 0 Å². The lowest BCUT2D eigenvalue weighted by molar-refractivity contribution is 0.0698. The normalized spacial score (nSPS) is 21.4. The first-order valence-corrected chi connectivity index (χ1v) is 7.03. The molecule has 1 heterocycles. The molecular weight excluding hydrogens is 296 g/mol. The molecule has 0 aliphatic carbocycles. The number of carbonyl (C=O) groups is 2. The van der Waals surface area contributed by atoms with Gasteiger partial charge in [-0.05, 0) is 30.5 Å². The average Bonchev–Trinajstić information content (AvgIpc) is 2.79. The zero-order valence-corrected chi connectivity index (χ0v) is 12.3. The maximum Gasteiger partial charge on any atom is 0.337 e. The predicted octanol–water partition coefficient (Wildman–Crippen LogP) is 2.27. The monoisotopic (exact) mass is 312 g/mol. The molecule has 0 aromatic heterocycles. The van der Waals surface area contributed by atoms with Crippen molar-refractivity contribution in [2.75, 3.05) is 18.5 Å². The van der Waals surface area contributed by atoms with Crippen molar-refractivity contribution in [3.63, 3.8) is 0 Å². The molecule has 0 bridgehead atoms. The van der Waals surface area contributed by atoms with Gasteiger partial charge in [0.25, 0.3) is 0 Å². The number of urea groups is 1. The van der Waals surface area contributed by atoms with E-state index in [9.17, 15) is 14.7 Å². The third kappa shape index (κ3) is 3.28. The minimum absolute atomic E-state index is 0.0273. The topological polar surface area (TPSA) is 89.9 Å². The largest absolute Gasteiger partial charge is 0.478 e. The fraction of sp³-hybridized carbons (Fsp3) is 0.429. The molecule has 1 aromatic carbocycles. The van der Waals surface area contributed by atoms with E-state index in [1.807, 2.05) is 6.92 Å². The highest BCUT2D eigenvalue weighted by Gasteiger charge is 2.34. The molecule has 0 saturated carbocycles. The standard InChI is InChI=1S/C14H17ClN2O4/c1-8-4-5-17(12(8)7-18)14(21)16-11-6-9(15)2-3-10(11)13(19)20/h2-3,6,8,12,18H,4-5,7H2,1H3,(H,16,21)(H,19,20). The summed E-state index contributed by atoms with van der Waals surface area (Å²) in [5.41, 5.74) is 0.122. The molecular formula is C14H17ClN2O4. The van der Waals surface area contributed by atoms with Crippen LogP contribution in [-0.4, -0.2) is 46.3 Å². The number of rotatable bonds is 3. The van der Waals surface area contributed by atoms with Gasteiger partial charge in [-0.2, -0.15) is 0 Å². The zero-order valence-electron chi connectivity index (χ0n) is 11.5. The molecule has 7 heteroatoms. The zero-order chi connectivity index (χ0) is 15.6. The number of hydrogen-bond donors (Lipinski definition) is 3. The average molecular weight is 313 g/mol. The van der Waals surface area contributed by atoms with Crippen LogP contribution in [0.1, 0.15) is 23.7 Å². The fourth-order valence-electron chi connectivity index (χ4n) is 2.53. The van der Waals surface area contributed by atoms with Crippen LogP contribution in [0.4, 0.5) is 10.5 Å². The molecule has 2 amide bonds. The predicted molar refractivity (Wildman–Crippen MR) is 78.8 cm³/mol. The van der Waals surface area contributed by atoms with Crippen molar-refractivity contribution in [1.29, 1.82) is 0 Å². The van der Waals surface area contributed by atoms with Crippen molar-refractivity contribution in [1.82, 2.24) is 4.90 Å². The van der Waals surface area contributed by atoms with Gasteiger partial charge >= 0.3 is 12.0 Å². The number of carboxylic acid groups (broad SMARTS) is 1. The molecule has 1 saturated heterocycles. The first-order chi connectivity index (χ1) is 9.93. The first-order valence-electron chi connectivity index (χ1n) is 6.65. The van der Waals surface area contributed by atoms with Gasteiger partial charge < -0.3 is 20.4 Å². The number of amides is 2. The number of halogens is 1. The molecule has 1 aromatic rings. The van der Waals surface area contributed by atoms with Crippen molar-refractivity contribution in [2.24, 2.45) is 5.92 Å². The highest BCUT2D eigenvalue weighted by Crippen LogP contribution is 2.26. The molecule has 2 rings (SSSR count). The molecule has 0 radical (unpaired) electrons. The summed E-state index contributed by atoms with van der Waals surface area (Å²) in [7, 11) is 0. The number of likely N-dealkylation sites (tertiary alicyclic amines) is 1. The molecule has 6 nitrogen and oxygen atoms in total. The Kier molecular flexibility index (Phi) is 4.69. The van der Waals surface area contributed by atoms with Gasteiger partial charge in [-0.1, -0.05) is 18.5 Å². The van der Waals surface area contributed by atoms with E-state index < -0.39 is 12.0 Å². The summed E-state index contributed by atoms with van der Waals surface area (Å²) in [5.74, 6) is -0.936. The van der Waals surface area contributed by atoms with Crippen LogP contribution in [0.15, 0.2) is 18.2 Å². The Hall–Kier alpha value is -1.79. The number of aliphatic hydroxyl groups is 1. The number of aliphatic hydroxyl groups excluding tert-OH is 1. The minimum atomic E-state index is -1.14. The summed E-state index contributed by atoms with van der Waals surface area (Å²) < 4.78 is 0. The number of carbonyl (C=O) groups excluding carboxylic acids is 1. The molecule has 2 atom stereocenters. The highest BCUT2D eigenvalue weighted by molar-refractivity contribution is 6.31. The Morgan fingerprint density at radius 3 is 2.81 bits per heavy atom. The third-order valence-electron chi connectivity index (χ3n) is 3.78. The van der Waals surface area contributed by atoms with Crippen molar-refractivity contribution in [2.45, 2.75) is 19.4 Å². The first kappa shape index (κ1) is 15.6. The van der Waals surface area contributed by atoms with Crippen LogP contribution >= 0.6 is 11.6 Å². The Bertz CT molecular complexity index is 564. The van der Waals surface area contributed by atoms with Gasteiger partial charge in [0.1, 0.15) is 0 Å². The Morgan fingerprint density at radius 1 is 1.48 bits per heavy atom. The van der Waals surface area contributed by atoms with E-state index in [1.54, 1.807) is 0 Å². The number of hydrogen-bond acceptors (Lipinski definition) is 3. The summed E-state index contributed by atoms with van der Waals surface area (Å²) >= 11 is 5.85. The fourth-order valence-corrected chi connectivity index (χ4v) is 2.70. The maximum absolute atomic E-state index is 12.3. The molecule has 2 unspecified atom stereocenters. The van der Waals surface area contributed by atoms with Crippen LogP contribution < -0.4 is 5.32 Å². The summed E-state index contributed by atoms with van der Waals surface area (Å²) in [4.78, 5) is 25.0. The van der Waals surface area contributed by atoms with Gasteiger partial charge in [0, 0.05) is 11.6 Å². The Balaban J connectivity index is 2.20. The molecule has 1 fully saturated rings. The van der Waals surface area contributed by atoms with Gasteiger partial charge in [-0.25, -0.2) is 9.59 Å². The van der Waals surface area contributed by atoms with Crippen LogP contribution in [0.25, 0.3) is 0 Å². The quantitative estimate of drug-likeness (QED) is 0.798. The molecule has 1 aliphatic heterocycles. The van der Waals surface area contributed by atoms with Crippen LogP contribution in [0.2, 0.25) is 5.02 Å². The van der Waals surface area contributed by atoms with Gasteiger partial charge in [0.2, 0.25) is 0 Å².